The van der Waals surface area contributed by atoms with Gasteiger partial charge in [0.25, 0.3) is 0 Å². The summed E-state index contributed by atoms with van der Waals surface area (Å²) in [5.41, 5.74) is 2.63. The molecule has 0 radical (unpaired) electrons. The minimum absolute atomic E-state index is 0.0646. The van der Waals surface area contributed by atoms with Crippen molar-refractivity contribution < 1.29 is 15.0 Å². The Morgan fingerprint density at radius 2 is 1.47 bits per heavy atom. The molecule has 3 nitrogen and oxygen atoms in total. The van der Waals surface area contributed by atoms with Crippen molar-refractivity contribution in [2.24, 2.45) is 17.8 Å². The molecule has 0 saturated heterocycles. The van der Waals surface area contributed by atoms with E-state index in [1.165, 1.54) is 38.5 Å². The third-order valence-corrected chi connectivity index (χ3v) is 8.08. The summed E-state index contributed by atoms with van der Waals surface area (Å²) in [6.07, 6.45) is 7.56. The van der Waals surface area contributed by atoms with Gasteiger partial charge in [0.05, 0.1) is 5.56 Å². The Hall–Kier alpha value is -2.81. The van der Waals surface area contributed by atoms with E-state index >= 15 is 0 Å². The van der Waals surface area contributed by atoms with Crippen LogP contribution >= 0.6 is 0 Å². The molecule has 3 aromatic carbocycles. The maximum absolute atomic E-state index is 12.2. The van der Waals surface area contributed by atoms with Crippen LogP contribution in [0.1, 0.15) is 54.4 Å². The molecule has 0 atom stereocenters. The number of aromatic carboxylic acids is 1. The second-order valence-corrected chi connectivity index (χ2v) is 9.91. The maximum Gasteiger partial charge on any atom is 0.336 e. The van der Waals surface area contributed by atoms with Gasteiger partial charge in [-0.05, 0) is 72.5 Å². The van der Waals surface area contributed by atoms with Crippen LogP contribution in [0.15, 0.2) is 54.6 Å². The summed E-state index contributed by atoms with van der Waals surface area (Å²) in [7, 11) is 0. The Kier molecular flexibility index (Phi) is 3.80. The summed E-state index contributed by atoms with van der Waals surface area (Å²) in [6, 6.07) is 17.3. The maximum atomic E-state index is 12.2. The molecule has 4 fully saturated rings. The van der Waals surface area contributed by atoms with Crippen molar-refractivity contribution in [3.8, 4) is 16.9 Å². The van der Waals surface area contributed by atoms with Gasteiger partial charge in [-0.25, -0.2) is 4.79 Å². The lowest BCUT2D eigenvalue weighted by atomic mass is 9.48. The minimum Gasteiger partial charge on any atom is -0.507 e. The molecule has 0 amide bonds. The molecule has 152 valence electrons. The van der Waals surface area contributed by atoms with Crippen molar-refractivity contribution in [3.63, 3.8) is 0 Å². The van der Waals surface area contributed by atoms with Crippen molar-refractivity contribution in [1.29, 1.82) is 0 Å². The second-order valence-electron chi connectivity index (χ2n) is 9.91. The fourth-order valence-electron chi connectivity index (χ4n) is 7.36. The molecule has 0 heterocycles. The molecule has 2 N–H and O–H groups in total. The van der Waals surface area contributed by atoms with Crippen LogP contribution in [0.2, 0.25) is 0 Å². The largest absolute Gasteiger partial charge is 0.507 e. The smallest absolute Gasteiger partial charge is 0.336 e. The summed E-state index contributed by atoms with van der Waals surface area (Å²) in [4.78, 5) is 12.2. The lowest BCUT2D eigenvalue weighted by molar-refractivity contribution is -0.00610. The zero-order valence-electron chi connectivity index (χ0n) is 17.0. The fraction of sp³-hybridized carbons (Fsp3) is 0.370. The van der Waals surface area contributed by atoms with Crippen LogP contribution in [0, 0.1) is 17.8 Å². The van der Waals surface area contributed by atoms with Crippen molar-refractivity contribution in [3.05, 3.63) is 65.7 Å². The van der Waals surface area contributed by atoms with E-state index in [0.29, 0.717) is 16.5 Å². The highest BCUT2D eigenvalue weighted by Gasteiger charge is 2.52. The Bertz CT molecular complexity index is 1140. The molecule has 0 aliphatic heterocycles. The number of carbonyl (C=O) groups is 1. The number of hydrogen-bond acceptors (Lipinski definition) is 2. The van der Waals surface area contributed by atoms with E-state index < -0.39 is 5.97 Å². The predicted molar refractivity (Wildman–Crippen MR) is 118 cm³/mol. The van der Waals surface area contributed by atoms with Crippen LogP contribution in [0.3, 0.4) is 0 Å². The van der Waals surface area contributed by atoms with Gasteiger partial charge >= 0.3 is 5.97 Å². The first-order valence-electron chi connectivity index (χ1n) is 11.1. The molecule has 0 spiro atoms. The Balaban J connectivity index is 1.53. The number of fused-ring (bicyclic) bond motifs is 1. The fourth-order valence-corrected chi connectivity index (χ4v) is 7.36. The summed E-state index contributed by atoms with van der Waals surface area (Å²) in [6.45, 7) is 0. The summed E-state index contributed by atoms with van der Waals surface area (Å²) < 4.78 is 0. The van der Waals surface area contributed by atoms with Crippen LogP contribution in [-0.4, -0.2) is 16.2 Å². The molecule has 0 unspecified atom stereocenters. The van der Waals surface area contributed by atoms with Crippen molar-refractivity contribution >= 4 is 16.7 Å². The van der Waals surface area contributed by atoms with Gasteiger partial charge in [0, 0.05) is 16.7 Å². The van der Waals surface area contributed by atoms with Gasteiger partial charge in [-0.15, -0.1) is 0 Å². The van der Waals surface area contributed by atoms with E-state index in [1.54, 1.807) is 0 Å². The number of phenols is 1. The molecule has 4 saturated carbocycles. The molecule has 3 aromatic rings. The van der Waals surface area contributed by atoms with Gasteiger partial charge in [-0.2, -0.15) is 0 Å². The van der Waals surface area contributed by atoms with Gasteiger partial charge in [-0.3, -0.25) is 0 Å². The average molecular weight is 399 g/mol. The topological polar surface area (TPSA) is 57.5 Å². The number of phenolic OH excluding ortho intramolecular Hbond substituents is 1. The third kappa shape index (κ3) is 2.54. The van der Waals surface area contributed by atoms with Gasteiger partial charge in [0.15, 0.2) is 0 Å². The SMILES string of the molecule is O=C(O)c1c(-c2cccc(C34CC5CC(CC(C5)C3)C4)c2O)ccc2ccccc12. The number of rotatable bonds is 3. The highest BCUT2D eigenvalue weighted by atomic mass is 16.4. The average Bonchev–Trinajstić information content (AvgIpc) is 2.72. The standard InChI is InChI=1S/C27H26O3/c28-25-22(21-9-8-19-4-1-2-5-20(19)24(21)26(29)30)6-3-7-23(25)27-13-16-10-17(14-27)12-18(11-16)15-27/h1-9,16-18,28H,10-15H2,(H,29,30). The van der Waals surface area contributed by atoms with Gasteiger partial charge in [0.2, 0.25) is 0 Å². The Labute approximate surface area is 176 Å². The molecule has 7 rings (SSSR count). The van der Waals surface area contributed by atoms with Crippen molar-refractivity contribution in [2.45, 2.75) is 43.9 Å². The molecule has 3 heteroatoms. The lowest BCUT2D eigenvalue weighted by Gasteiger charge is -2.57. The number of para-hydroxylation sites is 1. The van der Waals surface area contributed by atoms with Gasteiger partial charge in [0.1, 0.15) is 5.75 Å². The van der Waals surface area contributed by atoms with Gasteiger partial charge < -0.3 is 10.2 Å². The first kappa shape index (κ1) is 18.0. The van der Waals surface area contributed by atoms with Crippen LogP contribution in [-0.2, 0) is 5.41 Å². The Morgan fingerprint density at radius 1 is 0.800 bits per heavy atom. The number of hydrogen-bond donors (Lipinski definition) is 2. The van der Waals surface area contributed by atoms with E-state index in [1.807, 2.05) is 48.5 Å². The monoisotopic (exact) mass is 398 g/mol. The molecule has 4 aliphatic rings. The number of carboxylic acid groups (broad SMARTS) is 1. The predicted octanol–water partition coefficient (Wildman–Crippen LogP) is 6.38. The molecular weight excluding hydrogens is 372 g/mol. The first-order valence-corrected chi connectivity index (χ1v) is 11.1. The summed E-state index contributed by atoms with van der Waals surface area (Å²) in [5, 5.41) is 23.1. The normalized spacial score (nSPS) is 29.4. The number of aromatic hydroxyl groups is 1. The van der Waals surface area contributed by atoms with Crippen molar-refractivity contribution in [1.82, 2.24) is 0 Å². The molecule has 4 aliphatic carbocycles. The van der Waals surface area contributed by atoms with E-state index in [9.17, 15) is 15.0 Å². The van der Waals surface area contributed by atoms with Crippen LogP contribution < -0.4 is 0 Å². The van der Waals surface area contributed by atoms with Gasteiger partial charge in [-0.1, -0.05) is 54.6 Å². The second kappa shape index (κ2) is 6.34. The van der Waals surface area contributed by atoms with E-state index in [2.05, 4.69) is 6.07 Å². The molecule has 0 aromatic heterocycles. The van der Waals surface area contributed by atoms with E-state index in [0.717, 1.165) is 28.7 Å². The zero-order valence-corrected chi connectivity index (χ0v) is 17.0. The van der Waals surface area contributed by atoms with Crippen LogP contribution in [0.4, 0.5) is 0 Å². The molecule has 4 bridgehead atoms. The lowest BCUT2D eigenvalue weighted by Crippen LogP contribution is -2.48. The van der Waals surface area contributed by atoms with E-state index in [4.69, 9.17) is 0 Å². The van der Waals surface area contributed by atoms with Crippen molar-refractivity contribution in [2.75, 3.05) is 0 Å². The number of benzene rings is 3. The first-order chi connectivity index (χ1) is 14.5. The highest BCUT2D eigenvalue weighted by molar-refractivity contribution is 6.10. The minimum atomic E-state index is -0.957. The quantitative estimate of drug-likeness (QED) is 0.538. The summed E-state index contributed by atoms with van der Waals surface area (Å²) in [5.74, 6) is 1.69. The van der Waals surface area contributed by atoms with E-state index in [-0.39, 0.29) is 16.7 Å². The number of carboxylic acids is 1. The third-order valence-electron chi connectivity index (χ3n) is 8.08. The Morgan fingerprint density at radius 3 is 2.13 bits per heavy atom. The van der Waals surface area contributed by atoms with Crippen LogP contribution in [0.5, 0.6) is 5.75 Å². The molecule has 30 heavy (non-hydrogen) atoms. The highest BCUT2D eigenvalue weighted by Crippen LogP contribution is 2.62. The molecular formula is C27H26O3. The zero-order chi connectivity index (χ0) is 20.5. The summed E-state index contributed by atoms with van der Waals surface area (Å²) >= 11 is 0. The van der Waals surface area contributed by atoms with Crippen LogP contribution in [0.25, 0.3) is 21.9 Å².